The molecule has 15 heavy (non-hydrogen) atoms. The van der Waals surface area contributed by atoms with Crippen molar-refractivity contribution in [1.29, 1.82) is 0 Å². The van der Waals surface area contributed by atoms with E-state index in [0.29, 0.717) is 18.2 Å². The van der Waals surface area contributed by atoms with Crippen LogP contribution in [0.2, 0.25) is 0 Å². The zero-order chi connectivity index (χ0) is 10.1. The van der Waals surface area contributed by atoms with Crippen LogP contribution in [0.15, 0.2) is 24.5 Å². The Morgan fingerprint density at radius 1 is 1.13 bits per heavy atom. The van der Waals surface area contributed by atoms with Crippen molar-refractivity contribution in [3.8, 4) is 5.75 Å². The van der Waals surface area contributed by atoms with E-state index in [9.17, 15) is 0 Å². The number of nitrogens with zero attached hydrogens (tertiary/aromatic N) is 1. The summed E-state index contributed by atoms with van der Waals surface area (Å²) in [5.41, 5.74) is 0. The molecular formula is C12H16N2O. The van der Waals surface area contributed by atoms with Crippen molar-refractivity contribution in [2.75, 3.05) is 0 Å². The Hall–Kier alpha value is -1.09. The van der Waals surface area contributed by atoms with Crippen LogP contribution in [-0.2, 0) is 0 Å². The summed E-state index contributed by atoms with van der Waals surface area (Å²) in [6.45, 7) is 0. The molecule has 0 saturated carbocycles. The molecule has 2 saturated heterocycles. The highest BCUT2D eigenvalue weighted by molar-refractivity contribution is 5.17. The van der Waals surface area contributed by atoms with E-state index in [1.165, 1.54) is 12.8 Å². The van der Waals surface area contributed by atoms with Crippen LogP contribution in [0.1, 0.15) is 25.7 Å². The van der Waals surface area contributed by atoms with E-state index in [1.54, 1.807) is 12.4 Å². The van der Waals surface area contributed by atoms with Gasteiger partial charge < -0.3 is 10.1 Å². The number of nitrogens with one attached hydrogen (secondary N) is 1. The molecular weight excluding hydrogens is 188 g/mol. The molecule has 1 aromatic rings. The first kappa shape index (κ1) is 9.16. The lowest BCUT2D eigenvalue weighted by Crippen LogP contribution is -2.42. The first-order valence-corrected chi connectivity index (χ1v) is 5.73. The van der Waals surface area contributed by atoms with Crippen LogP contribution in [-0.4, -0.2) is 23.2 Å². The number of piperidine rings is 1. The van der Waals surface area contributed by atoms with Gasteiger partial charge in [-0.05, 0) is 37.8 Å². The summed E-state index contributed by atoms with van der Waals surface area (Å²) in [5.74, 6) is 0.955. The van der Waals surface area contributed by atoms with Gasteiger partial charge in [0.05, 0.1) is 0 Å². The number of pyridine rings is 1. The monoisotopic (exact) mass is 204 g/mol. The Morgan fingerprint density at radius 2 is 1.80 bits per heavy atom. The predicted octanol–water partition coefficient (Wildman–Crippen LogP) is 1.74. The van der Waals surface area contributed by atoms with E-state index >= 15 is 0 Å². The fraction of sp³-hybridized carbons (Fsp3) is 0.583. The standard InChI is InChI=1S/C12H16N2O/c1-2-10-8-12(7-9(1)14-10)15-11-3-5-13-6-4-11/h3-6,9-10,12,14H,1-2,7-8H2/t9-,10+,12-. The predicted molar refractivity (Wildman–Crippen MR) is 57.8 cm³/mol. The highest BCUT2D eigenvalue weighted by atomic mass is 16.5. The second-order valence-electron chi connectivity index (χ2n) is 4.53. The molecule has 2 aliphatic rings. The van der Waals surface area contributed by atoms with Gasteiger partial charge in [0, 0.05) is 24.5 Å². The summed E-state index contributed by atoms with van der Waals surface area (Å²) in [7, 11) is 0. The smallest absolute Gasteiger partial charge is 0.122 e. The number of fused-ring (bicyclic) bond motifs is 2. The average molecular weight is 204 g/mol. The minimum Gasteiger partial charge on any atom is -0.490 e. The first-order chi connectivity index (χ1) is 7.40. The second-order valence-corrected chi connectivity index (χ2v) is 4.53. The van der Waals surface area contributed by atoms with Gasteiger partial charge in [-0.25, -0.2) is 0 Å². The lowest BCUT2D eigenvalue weighted by atomic mass is 10.0. The Labute approximate surface area is 89.9 Å². The molecule has 0 unspecified atom stereocenters. The topological polar surface area (TPSA) is 34.1 Å². The van der Waals surface area contributed by atoms with Gasteiger partial charge in [-0.1, -0.05) is 0 Å². The van der Waals surface area contributed by atoms with Gasteiger partial charge in [0.15, 0.2) is 0 Å². The van der Waals surface area contributed by atoms with E-state index in [4.69, 9.17) is 4.74 Å². The van der Waals surface area contributed by atoms with Crippen LogP contribution in [0.25, 0.3) is 0 Å². The summed E-state index contributed by atoms with van der Waals surface area (Å²) in [5, 5.41) is 3.61. The third kappa shape index (κ3) is 1.97. The molecule has 3 atom stereocenters. The molecule has 2 aliphatic heterocycles. The summed E-state index contributed by atoms with van der Waals surface area (Å²) in [4.78, 5) is 3.99. The Bertz CT molecular complexity index is 316. The van der Waals surface area contributed by atoms with Crippen molar-refractivity contribution < 1.29 is 4.74 Å². The van der Waals surface area contributed by atoms with E-state index in [0.717, 1.165) is 18.6 Å². The molecule has 3 heterocycles. The van der Waals surface area contributed by atoms with Crippen molar-refractivity contribution in [1.82, 2.24) is 10.3 Å². The molecule has 0 aromatic carbocycles. The highest BCUT2D eigenvalue weighted by Gasteiger charge is 2.34. The molecule has 2 bridgehead atoms. The maximum Gasteiger partial charge on any atom is 0.122 e. The van der Waals surface area contributed by atoms with Crippen LogP contribution in [0.3, 0.4) is 0 Å². The third-order valence-electron chi connectivity index (χ3n) is 3.38. The largest absolute Gasteiger partial charge is 0.490 e. The first-order valence-electron chi connectivity index (χ1n) is 5.73. The molecule has 1 N–H and O–H groups in total. The summed E-state index contributed by atoms with van der Waals surface area (Å²) >= 11 is 0. The molecule has 2 fully saturated rings. The van der Waals surface area contributed by atoms with Crippen LogP contribution >= 0.6 is 0 Å². The molecule has 0 aliphatic carbocycles. The van der Waals surface area contributed by atoms with Gasteiger partial charge in [-0.2, -0.15) is 0 Å². The SMILES string of the molecule is c1cc(O[C@@H]2C[C@H]3CC[C@@H](C2)N3)ccn1. The quantitative estimate of drug-likeness (QED) is 0.796. The molecule has 0 spiro atoms. The number of aromatic nitrogens is 1. The molecule has 0 radical (unpaired) electrons. The van der Waals surface area contributed by atoms with Gasteiger partial charge in [0.2, 0.25) is 0 Å². The van der Waals surface area contributed by atoms with E-state index in [2.05, 4.69) is 10.3 Å². The Kier molecular flexibility index (Phi) is 2.33. The molecule has 3 nitrogen and oxygen atoms in total. The fourth-order valence-corrected chi connectivity index (χ4v) is 2.71. The third-order valence-corrected chi connectivity index (χ3v) is 3.38. The molecule has 0 amide bonds. The molecule has 3 heteroatoms. The van der Waals surface area contributed by atoms with Crippen molar-refractivity contribution >= 4 is 0 Å². The van der Waals surface area contributed by atoms with Crippen molar-refractivity contribution in [3.63, 3.8) is 0 Å². The van der Waals surface area contributed by atoms with Gasteiger partial charge in [-0.3, -0.25) is 4.98 Å². The van der Waals surface area contributed by atoms with Crippen LogP contribution < -0.4 is 10.1 Å². The minimum atomic E-state index is 0.395. The van der Waals surface area contributed by atoms with Crippen LogP contribution in [0, 0.1) is 0 Å². The van der Waals surface area contributed by atoms with Crippen molar-refractivity contribution in [2.45, 2.75) is 43.9 Å². The van der Waals surface area contributed by atoms with E-state index in [-0.39, 0.29) is 0 Å². The van der Waals surface area contributed by atoms with E-state index in [1.807, 2.05) is 12.1 Å². The van der Waals surface area contributed by atoms with Crippen LogP contribution in [0.5, 0.6) is 5.75 Å². The number of rotatable bonds is 2. The zero-order valence-electron chi connectivity index (χ0n) is 8.73. The van der Waals surface area contributed by atoms with Crippen molar-refractivity contribution in [3.05, 3.63) is 24.5 Å². The lowest BCUT2D eigenvalue weighted by molar-refractivity contribution is 0.137. The number of hydrogen-bond acceptors (Lipinski definition) is 3. The molecule has 1 aromatic heterocycles. The zero-order valence-corrected chi connectivity index (χ0v) is 8.73. The Balaban J connectivity index is 1.65. The minimum absolute atomic E-state index is 0.395. The second kappa shape index (κ2) is 3.81. The summed E-state index contributed by atoms with van der Waals surface area (Å²) < 4.78 is 5.96. The van der Waals surface area contributed by atoms with E-state index < -0.39 is 0 Å². The summed E-state index contributed by atoms with van der Waals surface area (Å²) in [6, 6.07) is 5.25. The molecule has 80 valence electrons. The van der Waals surface area contributed by atoms with Gasteiger partial charge in [0.1, 0.15) is 11.9 Å². The maximum atomic E-state index is 5.96. The van der Waals surface area contributed by atoms with Gasteiger partial charge >= 0.3 is 0 Å². The fourth-order valence-electron chi connectivity index (χ4n) is 2.71. The number of ether oxygens (including phenoxy) is 1. The Morgan fingerprint density at radius 3 is 2.47 bits per heavy atom. The lowest BCUT2D eigenvalue weighted by Gasteiger charge is -2.29. The van der Waals surface area contributed by atoms with Crippen molar-refractivity contribution in [2.24, 2.45) is 0 Å². The van der Waals surface area contributed by atoms with Gasteiger partial charge in [-0.15, -0.1) is 0 Å². The van der Waals surface area contributed by atoms with Gasteiger partial charge in [0.25, 0.3) is 0 Å². The summed E-state index contributed by atoms with van der Waals surface area (Å²) in [6.07, 6.45) is 8.90. The average Bonchev–Trinajstić information content (AvgIpc) is 2.60. The molecule has 3 rings (SSSR count). The number of hydrogen-bond donors (Lipinski definition) is 1. The maximum absolute atomic E-state index is 5.96. The van der Waals surface area contributed by atoms with Crippen LogP contribution in [0.4, 0.5) is 0 Å². The highest BCUT2D eigenvalue weighted by Crippen LogP contribution is 2.29. The normalized spacial score (nSPS) is 34.0.